The van der Waals surface area contributed by atoms with Gasteiger partial charge in [-0.05, 0) is 36.0 Å². The summed E-state index contributed by atoms with van der Waals surface area (Å²) in [7, 11) is 0. The van der Waals surface area contributed by atoms with Gasteiger partial charge in [-0.3, -0.25) is 0 Å². The van der Waals surface area contributed by atoms with Gasteiger partial charge in [0.25, 0.3) is 0 Å². The summed E-state index contributed by atoms with van der Waals surface area (Å²) in [5, 5.41) is 9.93. The molecule has 0 bridgehead atoms. The molecule has 13 heavy (non-hydrogen) atoms. The van der Waals surface area contributed by atoms with E-state index in [2.05, 4.69) is 20.8 Å². The van der Waals surface area contributed by atoms with Gasteiger partial charge in [-0.25, -0.2) is 0 Å². The van der Waals surface area contributed by atoms with E-state index in [0.29, 0.717) is 10.8 Å². The summed E-state index contributed by atoms with van der Waals surface area (Å²) in [6.45, 7) is 6.97. The van der Waals surface area contributed by atoms with Gasteiger partial charge < -0.3 is 5.11 Å². The van der Waals surface area contributed by atoms with Crippen LogP contribution in [0, 0.1) is 16.7 Å². The normalized spacial score (nSPS) is 37.8. The standard InChI is InChI=1S/C12H22O/c1-11(2,3)9-8-10(13)12(9)6-4-5-7-12/h9-10,13H,4-8H2,1-3H3. The zero-order chi connectivity index (χ0) is 9.69. The summed E-state index contributed by atoms with van der Waals surface area (Å²) in [6.07, 6.45) is 6.28. The average Bonchev–Trinajstić information content (AvgIpc) is 2.48. The fraction of sp³-hybridized carbons (Fsp3) is 1.00. The highest BCUT2D eigenvalue weighted by Gasteiger charge is 2.58. The molecule has 2 aliphatic carbocycles. The smallest absolute Gasteiger partial charge is 0.0602 e. The molecule has 1 N–H and O–H groups in total. The molecule has 2 unspecified atom stereocenters. The molecule has 1 nitrogen and oxygen atoms in total. The Bertz CT molecular complexity index is 196. The zero-order valence-electron chi connectivity index (χ0n) is 9.14. The number of hydrogen-bond acceptors (Lipinski definition) is 1. The molecule has 0 aromatic rings. The van der Waals surface area contributed by atoms with Gasteiger partial charge in [0.15, 0.2) is 0 Å². The van der Waals surface area contributed by atoms with Gasteiger partial charge in [-0.1, -0.05) is 33.6 Å². The van der Waals surface area contributed by atoms with Crippen molar-refractivity contribution in [3.05, 3.63) is 0 Å². The first-order chi connectivity index (χ1) is 5.97. The van der Waals surface area contributed by atoms with E-state index in [0.717, 1.165) is 12.3 Å². The maximum atomic E-state index is 9.93. The molecule has 1 spiro atoms. The van der Waals surface area contributed by atoms with Crippen LogP contribution in [0.5, 0.6) is 0 Å². The van der Waals surface area contributed by atoms with Crippen molar-refractivity contribution in [2.75, 3.05) is 0 Å². The van der Waals surface area contributed by atoms with Crippen LogP contribution in [-0.2, 0) is 0 Å². The van der Waals surface area contributed by atoms with Crippen molar-refractivity contribution in [3.63, 3.8) is 0 Å². The number of rotatable bonds is 0. The molecule has 2 rings (SSSR count). The molecule has 0 aliphatic heterocycles. The molecular formula is C12H22O. The summed E-state index contributed by atoms with van der Waals surface area (Å²) in [5.41, 5.74) is 0.724. The first kappa shape index (κ1) is 9.51. The lowest BCUT2D eigenvalue weighted by molar-refractivity contribution is -0.158. The lowest BCUT2D eigenvalue weighted by Crippen LogP contribution is -2.56. The van der Waals surface area contributed by atoms with E-state index >= 15 is 0 Å². The van der Waals surface area contributed by atoms with Gasteiger partial charge in [-0.15, -0.1) is 0 Å². The van der Waals surface area contributed by atoms with E-state index in [1.165, 1.54) is 25.7 Å². The highest BCUT2D eigenvalue weighted by Crippen LogP contribution is 2.62. The number of aliphatic hydroxyl groups is 1. The van der Waals surface area contributed by atoms with Crippen molar-refractivity contribution in [2.24, 2.45) is 16.7 Å². The van der Waals surface area contributed by atoms with Gasteiger partial charge in [0.1, 0.15) is 0 Å². The summed E-state index contributed by atoms with van der Waals surface area (Å²) in [5.74, 6) is 0.762. The fourth-order valence-electron chi connectivity index (χ4n) is 3.70. The Labute approximate surface area is 81.5 Å². The van der Waals surface area contributed by atoms with Crippen LogP contribution in [0.4, 0.5) is 0 Å². The van der Waals surface area contributed by atoms with Crippen molar-refractivity contribution in [3.8, 4) is 0 Å². The van der Waals surface area contributed by atoms with E-state index < -0.39 is 0 Å². The molecule has 2 saturated carbocycles. The van der Waals surface area contributed by atoms with Gasteiger partial charge >= 0.3 is 0 Å². The Morgan fingerprint density at radius 2 is 1.69 bits per heavy atom. The molecule has 1 heteroatoms. The largest absolute Gasteiger partial charge is 0.393 e. The molecule has 2 atom stereocenters. The average molecular weight is 182 g/mol. The predicted octanol–water partition coefficient (Wildman–Crippen LogP) is 2.97. The van der Waals surface area contributed by atoms with Gasteiger partial charge in [0.2, 0.25) is 0 Å². The quantitative estimate of drug-likeness (QED) is 0.610. The minimum atomic E-state index is 0.0132. The van der Waals surface area contributed by atoms with Crippen LogP contribution in [0.25, 0.3) is 0 Å². The van der Waals surface area contributed by atoms with E-state index in [1.54, 1.807) is 0 Å². The van der Waals surface area contributed by atoms with Crippen molar-refractivity contribution in [2.45, 2.75) is 59.0 Å². The lowest BCUT2D eigenvalue weighted by Gasteiger charge is -2.57. The topological polar surface area (TPSA) is 20.2 Å². The van der Waals surface area contributed by atoms with Crippen LogP contribution < -0.4 is 0 Å². The SMILES string of the molecule is CC(C)(C)C1CC(O)C12CCCC2. The van der Waals surface area contributed by atoms with Crippen LogP contribution >= 0.6 is 0 Å². The van der Waals surface area contributed by atoms with Crippen molar-refractivity contribution < 1.29 is 5.11 Å². The molecular weight excluding hydrogens is 160 g/mol. The number of aliphatic hydroxyl groups excluding tert-OH is 1. The monoisotopic (exact) mass is 182 g/mol. The third-order valence-electron chi connectivity index (χ3n) is 4.40. The Hall–Kier alpha value is -0.0400. The summed E-state index contributed by atoms with van der Waals surface area (Å²) < 4.78 is 0. The molecule has 2 fully saturated rings. The van der Waals surface area contributed by atoms with Crippen molar-refractivity contribution >= 4 is 0 Å². The summed E-state index contributed by atoms with van der Waals surface area (Å²) in [6, 6.07) is 0. The summed E-state index contributed by atoms with van der Waals surface area (Å²) >= 11 is 0. The number of hydrogen-bond donors (Lipinski definition) is 1. The second kappa shape index (κ2) is 2.73. The third kappa shape index (κ3) is 1.24. The van der Waals surface area contributed by atoms with Gasteiger partial charge in [0.05, 0.1) is 6.10 Å². The van der Waals surface area contributed by atoms with Crippen LogP contribution in [0.2, 0.25) is 0 Å². The lowest BCUT2D eigenvalue weighted by atomic mass is 9.49. The highest BCUT2D eigenvalue weighted by molar-refractivity contribution is 5.08. The Morgan fingerprint density at radius 1 is 1.15 bits per heavy atom. The molecule has 2 aliphatic rings. The fourth-order valence-corrected chi connectivity index (χ4v) is 3.70. The Balaban J connectivity index is 2.16. The van der Waals surface area contributed by atoms with Crippen LogP contribution in [-0.4, -0.2) is 11.2 Å². The Kier molecular flexibility index (Phi) is 1.99. The first-order valence-electron chi connectivity index (χ1n) is 5.65. The highest BCUT2D eigenvalue weighted by atomic mass is 16.3. The van der Waals surface area contributed by atoms with Crippen LogP contribution in [0.1, 0.15) is 52.9 Å². The molecule has 76 valence electrons. The van der Waals surface area contributed by atoms with E-state index in [4.69, 9.17) is 0 Å². The predicted molar refractivity (Wildman–Crippen MR) is 54.5 cm³/mol. The zero-order valence-corrected chi connectivity index (χ0v) is 9.14. The maximum Gasteiger partial charge on any atom is 0.0602 e. The van der Waals surface area contributed by atoms with Crippen molar-refractivity contribution in [1.29, 1.82) is 0 Å². The summed E-state index contributed by atoms with van der Waals surface area (Å²) in [4.78, 5) is 0. The van der Waals surface area contributed by atoms with Gasteiger partial charge in [-0.2, -0.15) is 0 Å². The minimum Gasteiger partial charge on any atom is -0.393 e. The molecule has 0 aromatic carbocycles. The van der Waals surface area contributed by atoms with Crippen LogP contribution in [0.15, 0.2) is 0 Å². The molecule has 0 amide bonds. The maximum absolute atomic E-state index is 9.93. The Morgan fingerprint density at radius 3 is 2.08 bits per heavy atom. The van der Waals surface area contributed by atoms with Gasteiger partial charge in [0, 0.05) is 0 Å². The third-order valence-corrected chi connectivity index (χ3v) is 4.40. The minimum absolute atomic E-state index is 0.0132. The second-order valence-electron chi connectivity index (χ2n) is 6.11. The molecule has 0 radical (unpaired) electrons. The van der Waals surface area contributed by atoms with Crippen LogP contribution in [0.3, 0.4) is 0 Å². The van der Waals surface area contributed by atoms with Crippen molar-refractivity contribution in [1.82, 2.24) is 0 Å². The second-order valence-corrected chi connectivity index (χ2v) is 6.11. The molecule has 0 aromatic heterocycles. The van der Waals surface area contributed by atoms with E-state index in [-0.39, 0.29) is 6.10 Å². The molecule has 0 saturated heterocycles. The van der Waals surface area contributed by atoms with E-state index in [9.17, 15) is 5.11 Å². The molecule has 0 heterocycles. The first-order valence-corrected chi connectivity index (χ1v) is 5.65. The van der Waals surface area contributed by atoms with E-state index in [1.807, 2.05) is 0 Å².